The quantitative estimate of drug-likeness (QED) is 0.147. The molecule has 0 aliphatic carbocycles. The minimum atomic E-state index is -2.29. The molecule has 0 aromatic heterocycles. The van der Waals surface area contributed by atoms with Crippen LogP contribution in [0.1, 0.15) is 66.2 Å². The summed E-state index contributed by atoms with van der Waals surface area (Å²) in [7, 11) is -0.917. The average molecular weight is 665 g/mol. The number of hydrogen-bond donors (Lipinski definition) is 1. The van der Waals surface area contributed by atoms with Crippen LogP contribution in [0.25, 0.3) is 0 Å². The van der Waals surface area contributed by atoms with Gasteiger partial charge in [-0.15, -0.1) is 0 Å². The highest BCUT2D eigenvalue weighted by Crippen LogP contribution is 2.45. The highest BCUT2D eigenvalue weighted by molar-refractivity contribution is 14.1. The predicted octanol–water partition coefficient (Wildman–Crippen LogP) is 5.22. The van der Waals surface area contributed by atoms with Crippen LogP contribution in [0, 0.1) is 5.92 Å². The Morgan fingerprint density at radius 2 is 1.89 bits per heavy atom. The van der Waals surface area contributed by atoms with Gasteiger partial charge < -0.3 is 28.5 Å². The highest BCUT2D eigenvalue weighted by Gasteiger charge is 2.59. The summed E-state index contributed by atoms with van der Waals surface area (Å²) in [6, 6.07) is 0. The van der Waals surface area contributed by atoms with Crippen molar-refractivity contribution in [1.82, 2.24) is 0 Å². The Morgan fingerprint density at radius 1 is 1.21 bits per heavy atom. The lowest BCUT2D eigenvalue weighted by Gasteiger charge is -2.50. The van der Waals surface area contributed by atoms with Gasteiger partial charge in [-0.1, -0.05) is 34.3 Å². The standard InChI is InChI=1S/C28H45IO8Si/c1-16(13-17(2)29)9-10-18(30)14-21-23(32)25-26(36-21)27(37-38(7,8)28(3,4)5)24-20(35-25)12-11-19(34-24)15-22(31)33-6/h14,16,19-20,23-27,32H,2,9-13,15H2,1,3-8H3/b21-14+/t16-,19-,20+,23+,24?,25?,26-,27?/m1/s1. The van der Waals surface area contributed by atoms with Gasteiger partial charge in [-0.05, 0) is 75.9 Å². The second-order valence-electron chi connectivity index (χ2n) is 12.5. The molecule has 3 heterocycles. The van der Waals surface area contributed by atoms with Crippen molar-refractivity contribution in [3.05, 3.63) is 22.0 Å². The lowest BCUT2D eigenvalue weighted by Crippen LogP contribution is -2.64. The molecular formula is C28H45IO8Si. The van der Waals surface area contributed by atoms with Crippen LogP contribution in [0.4, 0.5) is 0 Å². The second-order valence-corrected chi connectivity index (χ2v) is 18.7. The second kappa shape index (κ2) is 12.8. The Labute approximate surface area is 242 Å². The van der Waals surface area contributed by atoms with Gasteiger partial charge in [0.15, 0.2) is 20.2 Å². The maximum atomic E-state index is 12.8. The molecule has 0 amide bonds. The molecular weight excluding hydrogens is 619 g/mol. The number of methoxy groups -OCH3 is 1. The van der Waals surface area contributed by atoms with E-state index in [9.17, 15) is 14.7 Å². The number of ether oxygens (including phenoxy) is 4. The topological polar surface area (TPSA) is 101 Å². The Morgan fingerprint density at radius 3 is 2.50 bits per heavy atom. The molecule has 0 radical (unpaired) electrons. The lowest BCUT2D eigenvalue weighted by atomic mass is 9.88. The number of carbonyl (C=O) groups excluding carboxylic acids is 2. The van der Waals surface area contributed by atoms with Crippen molar-refractivity contribution in [1.29, 1.82) is 0 Å². The van der Waals surface area contributed by atoms with Crippen LogP contribution in [0.15, 0.2) is 22.0 Å². The minimum absolute atomic E-state index is 0.0673. The number of ketones is 1. The summed E-state index contributed by atoms with van der Waals surface area (Å²) < 4.78 is 31.8. The molecule has 0 bridgehead atoms. The molecule has 10 heteroatoms. The Hall–Kier alpha value is -0.793. The molecule has 0 spiro atoms. The van der Waals surface area contributed by atoms with Gasteiger partial charge in [0, 0.05) is 12.5 Å². The SMILES string of the molecule is C=C(I)C[C@H](C)CCC(=O)/C=C1/O[C@H]2C(O[Si](C)(C)C(C)(C)C)C3O[C@@H](CC(=O)OC)CC[C@@H]3OC2[C@H]1O. The van der Waals surface area contributed by atoms with E-state index < -0.39 is 38.8 Å². The number of fused-ring (bicyclic) bond motifs is 2. The zero-order valence-electron chi connectivity index (χ0n) is 23.8. The van der Waals surface area contributed by atoms with E-state index in [1.807, 2.05) is 0 Å². The summed E-state index contributed by atoms with van der Waals surface area (Å²) in [5.74, 6) is 0.169. The van der Waals surface area contributed by atoms with E-state index >= 15 is 0 Å². The van der Waals surface area contributed by atoms with E-state index in [1.54, 1.807) is 0 Å². The third kappa shape index (κ3) is 7.69. The van der Waals surface area contributed by atoms with Gasteiger partial charge in [-0.2, -0.15) is 0 Å². The van der Waals surface area contributed by atoms with E-state index in [1.165, 1.54) is 13.2 Å². The summed E-state index contributed by atoms with van der Waals surface area (Å²) in [6.45, 7) is 16.9. The largest absolute Gasteiger partial charge is 0.486 e. The van der Waals surface area contributed by atoms with Gasteiger partial charge in [-0.25, -0.2) is 0 Å². The molecule has 3 rings (SSSR count). The Bertz CT molecular complexity index is 913. The molecule has 3 fully saturated rings. The maximum Gasteiger partial charge on any atom is 0.308 e. The van der Waals surface area contributed by atoms with Gasteiger partial charge in [0.1, 0.15) is 30.2 Å². The normalized spacial score (nSPS) is 33.2. The summed E-state index contributed by atoms with van der Waals surface area (Å²) >= 11 is 2.21. The molecule has 8 nitrogen and oxygen atoms in total. The molecule has 38 heavy (non-hydrogen) atoms. The Kier molecular flexibility index (Phi) is 10.7. The van der Waals surface area contributed by atoms with Crippen molar-refractivity contribution in [2.24, 2.45) is 5.92 Å². The van der Waals surface area contributed by atoms with Crippen molar-refractivity contribution in [2.75, 3.05) is 7.11 Å². The first-order chi connectivity index (χ1) is 17.6. The number of hydrogen-bond acceptors (Lipinski definition) is 8. The third-order valence-electron chi connectivity index (χ3n) is 8.28. The van der Waals surface area contributed by atoms with Crippen molar-refractivity contribution in [3.8, 4) is 0 Å². The fraction of sp³-hybridized carbons (Fsp3) is 0.786. The van der Waals surface area contributed by atoms with E-state index in [0.717, 1.165) is 16.4 Å². The summed E-state index contributed by atoms with van der Waals surface area (Å²) in [4.78, 5) is 24.7. The first kappa shape index (κ1) is 31.7. The number of rotatable bonds is 10. The summed E-state index contributed by atoms with van der Waals surface area (Å²) in [6.07, 6.45) is 0.927. The van der Waals surface area contributed by atoms with Crippen molar-refractivity contribution in [2.45, 2.75) is 127 Å². The molecule has 3 saturated heterocycles. The average Bonchev–Trinajstić information content (AvgIpc) is 3.11. The molecule has 216 valence electrons. The number of allylic oxidation sites excluding steroid dienone is 2. The lowest BCUT2D eigenvalue weighted by molar-refractivity contribution is -0.255. The van der Waals surface area contributed by atoms with Gasteiger partial charge in [0.25, 0.3) is 0 Å². The number of esters is 1. The number of carbonyl (C=O) groups is 2. The number of aliphatic hydroxyl groups excluding tert-OH is 1. The summed E-state index contributed by atoms with van der Waals surface area (Å²) in [5.41, 5.74) is 0. The van der Waals surface area contributed by atoms with E-state index in [0.29, 0.717) is 25.2 Å². The highest BCUT2D eigenvalue weighted by atomic mass is 127. The number of aliphatic hydroxyl groups is 1. The first-order valence-corrected chi connectivity index (χ1v) is 17.6. The fourth-order valence-electron chi connectivity index (χ4n) is 5.05. The van der Waals surface area contributed by atoms with Gasteiger partial charge in [-0.3, -0.25) is 9.59 Å². The smallest absolute Gasteiger partial charge is 0.308 e. The molecule has 3 aliphatic rings. The van der Waals surface area contributed by atoms with Crippen LogP contribution in [-0.4, -0.2) is 75.0 Å². The molecule has 0 saturated carbocycles. The summed E-state index contributed by atoms with van der Waals surface area (Å²) in [5, 5.41) is 11.1. The molecule has 0 aromatic carbocycles. The molecule has 1 N–H and O–H groups in total. The molecule has 3 aliphatic heterocycles. The van der Waals surface area contributed by atoms with Crippen LogP contribution < -0.4 is 0 Å². The maximum absolute atomic E-state index is 12.8. The fourth-order valence-corrected chi connectivity index (χ4v) is 7.10. The molecule has 8 atom stereocenters. The number of halogens is 1. The van der Waals surface area contributed by atoms with Crippen LogP contribution in [0.3, 0.4) is 0 Å². The monoisotopic (exact) mass is 664 g/mol. The van der Waals surface area contributed by atoms with E-state index in [4.69, 9.17) is 23.4 Å². The van der Waals surface area contributed by atoms with Crippen LogP contribution in [0.5, 0.6) is 0 Å². The predicted molar refractivity (Wildman–Crippen MR) is 155 cm³/mol. The van der Waals surface area contributed by atoms with Crippen LogP contribution >= 0.6 is 22.6 Å². The zero-order valence-corrected chi connectivity index (χ0v) is 27.0. The van der Waals surface area contributed by atoms with E-state index in [-0.39, 0.29) is 41.2 Å². The third-order valence-corrected chi connectivity index (χ3v) is 13.2. The van der Waals surface area contributed by atoms with Crippen molar-refractivity contribution < 1.29 is 38.1 Å². The van der Waals surface area contributed by atoms with Gasteiger partial charge in [0.2, 0.25) is 0 Å². The zero-order chi connectivity index (χ0) is 28.4. The van der Waals surface area contributed by atoms with Crippen molar-refractivity contribution in [3.63, 3.8) is 0 Å². The minimum Gasteiger partial charge on any atom is -0.486 e. The first-order valence-electron chi connectivity index (χ1n) is 13.6. The van der Waals surface area contributed by atoms with Crippen LogP contribution in [-0.2, 0) is 33.0 Å². The van der Waals surface area contributed by atoms with Crippen molar-refractivity contribution >= 4 is 42.7 Å². The van der Waals surface area contributed by atoms with Crippen LogP contribution in [0.2, 0.25) is 18.1 Å². The van der Waals surface area contributed by atoms with Gasteiger partial charge in [0.05, 0.1) is 25.7 Å². The van der Waals surface area contributed by atoms with E-state index in [2.05, 4.69) is 70.0 Å². The molecule has 3 unspecified atom stereocenters. The Balaban J connectivity index is 1.82. The molecule has 0 aromatic rings. The van der Waals surface area contributed by atoms with Gasteiger partial charge >= 0.3 is 5.97 Å².